The third-order valence-corrected chi connectivity index (χ3v) is 5.06. The van der Waals surface area contributed by atoms with Crippen molar-refractivity contribution in [3.05, 3.63) is 41.5 Å². The second kappa shape index (κ2) is 5.98. The number of anilines is 1. The van der Waals surface area contributed by atoms with Crippen molar-refractivity contribution in [2.75, 3.05) is 11.4 Å². The lowest BCUT2D eigenvalue weighted by molar-refractivity contribution is -0.135. The molecule has 0 radical (unpaired) electrons. The standard InChI is InChI=1S/C18H21N5O2/c1-3-16-19-20-17-11-21(8-9-22(16)17)18(25)15-10-13-6-4-5-7-14(13)23(15)12(2)24/h4-7,15H,3,8-11H2,1-2H3/t15-/m0/s1. The first-order chi connectivity index (χ1) is 12.1. The van der Waals surface area contributed by atoms with E-state index in [1.165, 1.54) is 6.92 Å². The Balaban J connectivity index is 1.58. The quantitative estimate of drug-likeness (QED) is 0.823. The molecule has 0 saturated heterocycles. The monoisotopic (exact) mass is 339 g/mol. The number of amides is 2. The van der Waals surface area contributed by atoms with Crippen molar-refractivity contribution in [1.29, 1.82) is 0 Å². The molecular weight excluding hydrogens is 318 g/mol. The summed E-state index contributed by atoms with van der Waals surface area (Å²) >= 11 is 0. The maximum atomic E-state index is 13.1. The smallest absolute Gasteiger partial charge is 0.246 e. The summed E-state index contributed by atoms with van der Waals surface area (Å²) in [5, 5.41) is 8.41. The average molecular weight is 339 g/mol. The van der Waals surface area contributed by atoms with Gasteiger partial charge >= 0.3 is 0 Å². The van der Waals surface area contributed by atoms with Crippen LogP contribution in [0.5, 0.6) is 0 Å². The highest BCUT2D eigenvalue weighted by Gasteiger charge is 2.39. The molecule has 2 aliphatic rings. The predicted octanol–water partition coefficient (Wildman–Crippen LogP) is 1.16. The topological polar surface area (TPSA) is 71.3 Å². The summed E-state index contributed by atoms with van der Waals surface area (Å²) in [6.45, 7) is 5.34. The molecule has 0 bridgehead atoms. The van der Waals surface area contributed by atoms with Gasteiger partial charge in [-0.1, -0.05) is 25.1 Å². The largest absolute Gasteiger partial charge is 0.332 e. The Morgan fingerprint density at radius 3 is 2.76 bits per heavy atom. The summed E-state index contributed by atoms with van der Waals surface area (Å²) in [5.41, 5.74) is 1.89. The van der Waals surface area contributed by atoms with Gasteiger partial charge in [0.05, 0.1) is 6.54 Å². The number of fused-ring (bicyclic) bond motifs is 2. The van der Waals surface area contributed by atoms with E-state index in [-0.39, 0.29) is 11.8 Å². The van der Waals surface area contributed by atoms with Crippen LogP contribution in [0, 0.1) is 0 Å². The lowest BCUT2D eigenvalue weighted by Gasteiger charge is -2.32. The highest BCUT2D eigenvalue weighted by molar-refractivity contribution is 6.02. The Morgan fingerprint density at radius 2 is 2.00 bits per heavy atom. The van der Waals surface area contributed by atoms with Gasteiger partial charge in [0, 0.05) is 38.5 Å². The maximum absolute atomic E-state index is 13.1. The number of benzene rings is 1. The van der Waals surface area contributed by atoms with Crippen molar-refractivity contribution >= 4 is 17.5 Å². The van der Waals surface area contributed by atoms with Gasteiger partial charge in [0.1, 0.15) is 11.9 Å². The van der Waals surface area contributed by atoms with E-state index in [0.717, 1.165) is 29.3 Å². The summed E-state index contributed by atoms with van der Waals surface area (Å²) in [7, 11) is 0. The first-order valence-electron chi connectivity index (χ1n) is 8.67. The molecule has 0 saturated carbocycles. The minimum atomic E-state index is -0.463. The lowest BCUT2D eigenvalue weighted by Crippen LogP contribution is -2.51. The molecular formula is C18H21N5O2. The van der Waals surface area contributed by atoms with Crippen molar-refractivity contribution in [2.45, 2.75) is 45.8 Å². The van der Waals surface area contributed by atoms with Crippen LogP contribution in [0.25, 0.3) is 0 Å². The zero-order chi connectivity index (χ0) is 17.6. The summed E-state index contributed by atoms with van der Waals surface area (Å²) in [4.78, 5) is 28.8. The van der Waals surface area contributed by atoms with Crippen molar-refractivity contribution < 1.29 is 9.59 Å². The molecule has 1 aromatic heterocycles. The van der Waals surface area contributed by atoms with Crippen LogP contribution in [-0.4, -0.2) is 44.1 Å². The molecule has 0 fully saturated rings. The molecule has 7 heteroatoms. The number of aryl methyl sites for hydroxylation is 1. The van der Waals surface area contributed by atoms with Crippen molar-refractivity contribution in [1.82, 2.24) is 19.7 Å². The van der Waals surface area contributed by atoms with Gasteiger partial charge in [0.2, 0.25) is 11.8 Å². The molecule has 0 aliphatic carbocycles. The number of rotatable bonds is 2. The summed E-state index contributed by atoms with van der Waals surface area (Å²) < 4.78 is 2.09. The average Bonchev–Trinajstić information content (AvgIpc) is 3.21. The van der Waals surface area contributed by atoms with Gasteiger partial charge in [-0.2, -0.15) is 0 Å². The Morgan fingerprint density at radius 1 is 1.20 bits per heavy atom. The molecule has 3 heterocycles. The van der Waals surface area contributed by atoms with Crippen LogP contribution in [-0.2, 0) is 35.5 Å². The van der Waals surface area contributed by atoms with Gasteiger partial charge in [-0.05, 0) is 11.6 Å². The third-order valence-electron chi connectivity index (χ3n) is 5.06. The molecule has 4 rings (SSSR count). The maximum Gasteiger partial charge on any atom is 0.246 e. The minimum Gasteiger partial charge on any atom is -0.332 e. The molecule has 0 N–H and O–H groups in total. The Bertz CT molecular complexity index is 844. The van der Waals surface area contributed by atoms with E-state index in [4.69, 9.17) is 0 Å². The van der Waals surface area contributed by atoms with Crippen molar-refractivity contribution in [3.63, 3.8) is 0 Å². The summed E-state index contributed by atoms with van der Waals surface area (Å²) in [6, 6.07) is 7.27. The Labute approximate surface area is 146 Å². The molecule has 25 heavy (non-hydrogen) atoms. The fourth-order valence-electron chi connectivity index (χ4n) is 3.85. The van der Waals surface area contributed by atoms with Crippen LogP contribution >= 0.6 is 0 Å². The fourth-order valence-corrected chi connectivity index (χ4v) is 3.85. The van der Waals surface area contributed by atoms with E-state index >= 15 is 0 Å². The van der Waals surface area contributed by atoms with Gasteiger partial charge in [-0.3, -0.25) is 14.5 Å². The van der Waals surface area contributed by atoms with Crippen LogP contribution in [0.3, 0.4) is 0 Å². The van der Waals surface area contributed by atoms with Crippen molar-refractivity contribution in [3.8, 4) is 0 Å². The number of hydrogen-bond acceptors (Lipinski definition) is 4. The van der Waals surface area contributed by atoms with E-state index in [1.54, 1.807) is 9.80 Å². The summed E-state index contributed by atoms with van der Waals surface area (Å²) in [6.07, 6.45) is 1.40. The second-order valence-corrected chi connectivity index (χ2v) is 6.54. The van der Waals surface area contributed by atoms with Crippen LogP contribution in [0.15, 0.2) is 24.3 Å². The molecule has 2 aromatic rings. The lowest BCUT2D eigenvalue weighted by atomic mass is 10.1. The van der Waals surface area contributed by atoms with Gasteiger partial charge in [-0.25, -0.2) is 0 Å². The van der Waals surface area contributed by atoms with Crippen LogP contribution < -0.4 is 4.90 Å². The molecule has 2 amide bonds. The molecule has 1 atom stereocenters. The van der Waals surface area contributed by atoms with E-state index < -0.39 is 6.04 Å². The van der Waals surface area contributed by atoms with Gasteiger partial charge < -0.3 is 9.47 Å². The predicted molar refractivity (Wildman–Crippen MR) is 91.9 cm³/mol. The Kier molecular flexibility index (Phi) is 3.78. The number of aromatic nitrogens is 3. The van der Waals surface area contributed by atoms with E-state index in [1.807, 2.05) is 24.3 Å². The number of hydrogen-bond donors (Lipinski definition) is 0. The third kappa shape index (κ3) is 2.50. The van der Waals surface area contributed by atoms with Crippen LogP contribution in [0.2, 0.25) is 0 Å². The Hall–Kier alpha value is -2.70. The number of carbonyl (C=O) groups is 2. The fraction of sp³-hybridized carbons (Fsp3) is 0.444. The highest BCUT2D eigenvalue weighted by Crippen LogP contribution is 2.33. The van der Waals surface area contributed by atoms with E-state index in [2.05, 4.69) is 21.7 Å². The zero-order valence-corrected chi connectivity index (χ0v) is 14.5. The number of carbonyl (C=O) groups excluding carboxylic acids is 2. The zero-order valence-electron chi connectivity index (χ0n) is 14.5. The van der Waals surface area contributed by atoms with Crippen LogP contribution in [0.1, 0.15) is 31.1 Å². The highest BCUT2D eigenvalue weighted by atomic mass is 16.2. The molecule has 1 aromatic carbocycles. The van der Waals surface area contributed by atoms with Gasteiger partial charge in [-0.15, -0.1) is 10.2 Å². The normalized spacial score (nSPS) is 18.9. The van der Waals surface area contributed by atoms with E-state index in [0.29, 0.717) is 26.1 Å². The summed E-state index contributed by atoms with van der Waals surface area (Å²) in [5.74, 6) is 1.66. The van der Waals surface area contributed by atoms with Gasteiger partial charge in [0.25, 0.3) is 0 Å². The van der Waals surface area contributed by atoms with Crippen molar-refractivity contribution in [2.24, 2.45) is 0 Å². The second-order valence-electron chi connectivity index (χ2n) is 6.54. The van der Waals surface area contributed by atoms with Crippen LogP contribution in [0.4, 0.5) is 5.69 Å². The number of nitrogens with zero attached hydrogens (tertiary/aromatic N) is 5. The minimum absolute atomic E-state index is 0.0151. The SMILES string of the molecule is CCc1nnc2n1CCN(C(=O)[C@@H]1Cc3ccccc3N1C(C)=O)C2. The molecule has 0 spiro atoms. The molecule has 7 nitrogen and oxygen atoms in total. The molecule has 0 unspecified atom stereocenters. The first-order valence-corrected chi connectivity index (χ1v) is 8.67. The van der Waals surface area contributed by atoms with Gasteiger partial charge in [0.15, 0.2) is 5.82 Å². The molecule has 130 valence electrons. The number of para-hydroxylation sites is 1. The first kappa shape index (κ1) is 15.8. The molecule has 2 aliphatic heterocycles. The van der Waals surface area contributed by atoms with E-state index in [9.17, 15) is 9.59 Å².